The molecule has 0 atom stereocenters. The second-order valence-corrected chi connectivity index (χ2v) is 6.91. The molecule has 4 heteroatoms. The number of benzene rings is 2. The summed E-state index contributed by atoms with van der Waals surface area (Å²) < 4.78 is 11.5. The second-order valence-electron chi connectivity index (χ2n) is 6.91. The third-order valence-electron chi connectivity index (χ3n) is 4.60. The molecular weight excluding hydrogens is 326 g/mol. The van der Waals surface area contributed by atoms with Crippen LogP contribution in [0.2, 0.25) is 0 Å². The molecule has 138 valence electrons. The molecule has 0 unspecified atom stereocenters. The van der Waals surface area contributed by atoms with Crippen molar-refractivity contribution < 1.29 is 14.3 Å². The quantitative estimate of drug-likeness (QED) is 0.771. The Morgan fingerprint density at radius 2 is 1.81 bits per heavy atom. The van der Waals surface area contributed by atoms with Crippen LogP contribution in [0.3, 0.4) is 0 Å². The lowest BCUT2D eigenvalue weighted by Crippen LogP contribution is -2.32. The van der Waals surface area contributed by atoms with Crippen LogP contribution in [0.5, 0.6) is 11.5 Å². The number of aryl methyl sites for hydroxylation is 3. The Morgan fingerprint density at radius 1 is 1.04 bits per heavy atom. The zero-order chi connectivity index (χ0) is 18.4. The first-order chi connectivity index (χ1) is 12.6. The van der Waals surface area contributed by atoms with E-state index in [1.807, 2.05) is 38.1 Å². The minimum Gasteiger partial charge on any atom is -0.492 e. The first-order valence-electron chi connectivity index (χ1n) is 9.33. The van der Waals surface area contributed by atoms with E-state index in [0.717, 1.165) is 24.3 Å². The first kappa shape index (κ1) is 18.3. The maximum atomic E-state index is 12.0. The summed E-state index contributed by atoms with van der Waals surface area (Å²) >= 11 is 0. The Morgan fingerprint density at radius 3 is 2.62 bits per heavy atom. The number of fused-ring (bicyclic) bond motifs is 1. The summed E-state index contributed by atoms with van der Waals surface area (Å²) in [5.41, 5.74) is 4.97. The molecule has 0 aromatic heterocycles. The van der Waals surface area contributed by atoms with Crippen LogP contribution < -0.4 is 14.8 Å². The Kier molecular flexibility index (Phi) is 6.16. The lowest BCUT2D eigenvalue weighted by atomic mass is 9.91. The van der Waals surface area contributed by atoms with Gasteiger partial charge in [-0.1, -0.05) is 18.2 Å². The highest BCUT2D eigenvalue weighted by Crippen LogP contribution is 2.29. The minimum atomic E-state index is -0.123. The smallest absolute Gasteiger partial charge is 0.258 e. The number of hydrogen-bond donors (Lipinski definition) is 1. The van der Waals surface area contributed by atoms with E-state index < -0.39 is 0 Å². The van der Waals surface area contributed by atoms with Crippen molar-refractivity contribution in [3.8, 4) is 11.5 Å². The molecule has 0 radical (unpaired) electrons. The number of amides is 1. The fourth-order valence-electron chi connectivity index (χ4n) is 3.45. The maximum absolute atomic E-state index is 12.0. The number of nitrogens with one attached hydrogen (secondary N) is 1. The van der Waals surface area contributed by atoms with Crippen molar-refractivity contribution in [1.29, 1.82) is 0 Å². The van der Waals surface area contributed by atoms with E-state index in [4.69, 9.17) is 9.47 Å². The molecule has 26 heavy (non-hydrogen) atoms. The number of ether oxygens (including phenoxy) is 2. The molecule has 1 amide bonds. The van der Waals surface area contributed by atoms with Gasteiger partial charge in [-0.05, 0) is 80.0 Å². The van der Waals surface area contributed by atoms with Crippen molar-refractivity contribution in [2.75, 3.05) is 19.8 Å². The number of carbonyl (C=O) groups excluding carboxylic acids is 1. The van der Waals surface area contributed by atoms with Crippen LogP contribution in [0.15, 0.2) is 36.4 Å². The van der Waals surface area contributed by atoms with E-state index in [1.54, 1.807) is 0 Å². The zero-order valence-corrected chi connectivity index (χ0v) is 15.6. The van der Waals surface area contributed by atoms with E-state index in [2.05, 4.69) is 17.4 Å². The van der Waals surface area contributed by atoms with E-state index in [9.17, 15) is 4.79 Å². The number of hydrogen-bond acceptors (Lipinski definition) is 3. The number of rotatable bonds is 7. The van der Waals surface area contributed by atoms with Gasteiger partial charge in [0.25, 0.3) is 5.91 Å². The van der Waals surface area contributed by atoms with E-state index in [1.165, 1.54) is 35.1 Å². The summed E-state index contributed by atoms with van der Waals surface area (Å²) in [4.78, 5) is 12.0. The molecular formula is C22H27NO3. The van der Waals surface area contributed by atoms with E-state index in [0.29, 0.717) is 13.2 Å². The molecule has 0 spiro atoms. The second kappa shape index (κ2) is 8.75. The average molecular weight is 353 g/mol. The molecule has 4 nitrogen and oxygen atoms in total. The molecule has 0 aliphatic heterocycles. The van der Waals surface area contributed by atoms with Crippen molar-refractivity contribution in [3.63, 3.8) is 0 Å². The van der Waals surface area contributed by atoms with Crippen molar-refractivity contribution in [1.82, 2.24) is 5.32 Å². The lowest BCUT2D eigenvalue weighted by molar-refractivity contribution is -0.123. The molecule has 2 aromatic rings. The standard InChI is InChI=1S/C22H27NO3/c1-16-12-17(2)14-19(13-16)25-11-10-23-22(24)15-26-21-9-5-7-18-6-3-4-8-20(18)21/h5,7,9,12-14H,3-4,6,8,10-11,15H2,1-2H3,(H,23,24). The van der Waals surface area contributed by atoms with Crippen molar-refractivity contribution >= 4 is 5.91 Å². The first-order valence-corrected chi connectivity index (χ1v) is 9.33. The SMILES string of the molecule is Cc1cc(C)cc(OCCNC(=O)COc2cccc3c2CCCC3)c1. The monoisotopic (exact) mass is 353 g/mol. The van der Waals surface area contributed by atoms with Gasteiger partial charge < -0.3 is 14.8 Å². The molecule has 0 saturated carbocycles. The van der Waals surface area contributed by atoms with Gasteiger partial charge in [0, 0.05) is 0 Å². The minimum absolute atomic E-state index is 0.0417. The van der Waals surface area contributed by atoms with E-state index in [-0.39, 0.29) is 12.5 Å². The molecule has 1 aliphatic rings. The van der Waals surface area contributed by atoms with Crippen LogP contribution in [-0.4, -0.2) is 25.7 Å². The fourth-order valence-corrected chi connectivity index (χ4v) is 3.45. The van der Waals surface area contributed by atoms with Crippen molar-refractivity contribution in [2.45, 2.75) is 39.5 Å². The molecule has 3 rings (SSSR count). The van der Waals surface area contributed by atoms with Crippen molar-refractivity contribution in [3.05, 3.63) is 58.7 Å². The van der Waals surface area contributed by atoms with Gasteiger partial charge in [-0.2, -0.15) is 0 Å². The summed E-state index contributed by atoms with van der Waals surface area (Å²) in [5, 5.41) is 2.84. The summed E-state index contributed by atoms with van der Waals surface area (Å²) in [6.07, 6.45) is 4.57. The molecule has 0 heterocycles. The fraction of sp³-hybridized carbons (Fsp3) is 0.409. The Labute approximate surface area is 155 Å². The van der Waals surface area contributed by atoms with Gasteiger partial charge in [-0.15, -0.1) is 0 Å². The predicted octanol–water partition coefficient (Wildman–Crippen LogP) is 3.76. The summed E-state index contributed by atoms with van der Waals surface area (Å²) in [6, 6.07) is 12.2. The Hall–Kier alpha value is -2.49. The molecule has 0 fully saturated rings. The maximum Gasteiger partial charge on any atom is 0.258 e. The number of carbonyl (C=O) groups is 1. The van der Waals surface area contributed by atoms with Crippen LogP contribution >= 0.6 is 0 Å². The van der Waals surface area contributed by atoms with Crippen LogP contribution in [0.1, 0.15) is 35.1 Å². The molecule has 0 bridgehead atoms. The van der Waals surface area contributed by atoms with Gasteiger partial charge in [0.2, 0.25) is 0 Å². The third kappa shape index (κ3) is 5.01. The topological polar surface area (TPSA) is 47.6 Å². The van der Waals surface area contributed by atoms with Crippen LogP contribution in [-0.2, 0) is 17.6 Å². The molecule has 1 aliphatic carbocycles. The predicted molar refractivity (Wildman–Crippen MR) is 103 cm³/mol. The van der Waals surface area contributed by atoms with E-state index >= 15 is 0 Å². The van der Waals surface area contributed by atoms with Gasteiger partial charge in [0.05, 0.1) is 6.54 Å². The zero-order valence-electron chi connectivity index (χ0n) is 15.6. The molecule has 2 aromatic carbocycles. The summed E-state index contributed by atoms with van der Waals surface area (Å²) in [5.74, 6) is 1.56. The lowest BCUT2D eigenvalue weighted by Gasteiger charge is -2.19. The van der Waals surface area contributed by atoms with Gasteiger partial charge in [0.1, 0.15) is 18.1 Å². The third-order valence-corrected chi connectivity index (χ3v) is 4.60. The normalized spacial score (nSPS) is 13.0. The van der Waals surface area contributed by atoms with Crippen LogP contribution in [0.25, 0.3) is 0 Å². The molecule has 0 saturated heterocycles. The van der Waals surface area contributed by atoms with Crippen LogP contribution in [0.4, 0.5) is 0 Å². The Bertz CT molecular complexity index is 750. The average Bonchev–Trinajstić information content (AvgIpc) is 2.63. The largest absolute Gasteiger partial charge is 0.492 e. The van der Waals surface area contributed by atoms with Gasteiger partial charge >= 0.3 is 0 Å². The van der Waals surface area contributed by atoms with Gasteiger partial charge in [-0.3, -0.25) is 4.79 Å². The van der Waals surface area contributed by atoms with Crippen molar-refractivity contribution in [2.24, 2.45) is 0 Å². The van der Waals surface area contributed by atoms with Crippen LogP contribution in [0, 0.1) is 13.8 Å². The van der Waals surface area contributed by atoms with Gasteiger partial charge in [0.15, 0.2) is 6.61 Å². The summed E-state index contributed by atoms with van der Waals surface area (Å²) in [6.45, 7) is 5.03. The molecule has 1 N–H and O–H groups in total. The highest BCUT2D eigenvalue weighted by atomic mass is 16.5. The summed E-state index contributed by atoms with van der Waals surface area (Å²) in [7, 11) is 0. The highest BCUT2D eigenvalue weighted by Gasteiger charge is 2.14. The Balaban J connectivity index is 1.41. The van der Waals surface area contributed by atoms with Gasteiger partial charge in [-0.25, -0.2) is 0 Å². The highest BCUT2D eigenvalue weighted by molar-refractivity contribution is 5.77.